The standard InChI is InChI=1S/C21H20N4O4/c1-27-18-8-7-13(9-19(18)28-2)23-20(26)10-25-17-6-4-3-5-16(17)24-21(25)14-11-29-12-15(14)22/h3-9,11-12H,10,22H2,1-2H3,(H,23,26). The molecule has 1 amide bonds. The summed E-state index contributed by atoms with van der Waals surface area (Å²) in [5, 5.41) is 2.88. The van der Waals surface area contributed by atoms with Crippen LogP contribution in [0.25, 0.3) is 22.4 Å². The van der Waals surface area contributed by atoms with Gasteiger partial charge in [0.15, 0.2) is 11.5 Å². The number of amides is 1. The van der Waals surface area contributed by atoms with Crippen molar-refractivity contribution in [3.05, 3.63) is 55.0 Å². The topological polar surface area (TPSA) is 105 Å². The number of methoxy groups -OCH3 is 2. The van der Waals surface area contributed by atoms with Crippen molar-refractivity contribution >= 4 is 28.3 Å². The molecule has 2 heterocycles. The SMILES string of the molecule is COc1ccc(NC(=O)Cn2c(-c3cocc3N)nc3ccccc32)cc1OC. The molecule has 3 N–H and O–H groups in total. The van der Waals surface area contributed by atoms with Crippen LogP contribution in [0, 0.1) is 0 Å². The van der Waals surface area contributed by atoms with Gasteiger partial charge in [-0.15, -0.1) is 0 Å². The summed E-state index contributed by atoms with van der Waals surface area (Å²) < 4.78 is 17.5. The molecule has 4 aromatic rings. The van der Waals surface area contributed by atoms with Crippen molar-refractivity contribution in [3.63, 3.8) is 0 Å². The molecule has 2 aromatic carbocycles. The maximum atomic E-state index is 12.8. The first-order valence-corrected chi connectivity index (χ1v) is 8.90. The fourth-order valence-corrected chi connectivity index (χ4v) is 3.19. The third-order valence-electron chi connectivity index (χ3n) is 4.56. The Morgan fingerprint density at radius 3 is 2.66 bits per heavy atom. The summed E-state index contributed by atoms with van der Waals surface area (Å²) in [6.07, 6.45) is 2.97. The lowest BCUT2D eigenvalue weighted by Gasteiger charge is -2.12. The Balaban J connectivity index is 1.65. The van der Waals surface area contributed by atoms with Crippen molar-refractivity contribution in [2.75, 3.05) is 25.3 Å². The van der Waals surface area contributed by atoms with E-state index in [0.29, 0.717) is 34.3 Å². The zero-order chi connectivity index (χ0) is 20.4. The number of benzene rings is 2. The summed E-state index contributed by atoms with van der Waals surface area (Å²) in [5.74, 6) is 1.47. The molecular formula is C21H20N4O4. The predicted octanol–water partition coefficient (Wildman–Crippen LogP) is 3.53. The molecule has 0 atom stereocenters. The number of nitrogens with zero attached hydrogens (tertiary/aromatic N) is 2. The molecule has 0 spiro atoms. The molecule has 0 unspecified atom stereocenters. The summed E-state index contributed by atoms with van der Waals surface area (Å²) in [7, 11) is 3.10. The lowest BCUT2D eigenvalue weighted by Crippen LogP contribution is -2.19. The Kier molecular flexibility index (Phi) is 4.82. The molecule has 0 saturated carbocycles. The minimum atomic E-state index is -0.219. The maximum Gasteiger partial charge on any atom is 0.244 e. The number of nitrogens with two attached hydrogens (primary N) is 1. The van der Waals surface area contributed by atoms with E-state index < -0.39 is 0 Å². The lowest BCUT2D eigenvalue weighted by molar-refractivity contribution is -0.116. The van der Waals surface area contributed by atoms with Crippen LogP contribution >= 0.6 is 0 Å². The first kappa shape index (κ1) is 18.4. The molecular weight excluding hydrogens is 372 g/mol. The van der Waals surface area contributed by atoms with Crippen LogP contribution in [0.5, 0.6) is 11.5 Å². The van der Waals surface area contributed by atoms with Crippen LogP contribution in [0.3, 0.4) is 0 Å². The van der Waals surface area contributed by atoms with Gasteiger partial charge in [-0.25, -0.2) is 4.98 Å². The molecule has 148 valence electrons. The highest BCUT2D eigenvalue weighted by atomic mass is 16.5. The van der Waals surface area contributed by atoms with Crippen molar-refractivity contribution in [2.45, 2.75) is 6.54 Å². The number of rotatable bonds is 6. The number of nitrogen functional groups attached to an aromatic ring is 1. The van der Waals surface area contributed by atoms with Gasteiger partial charge in [0, 0.05) is 11.8 Å². The Morgan fingerprint density at radius 1 is 1.14 bits per heavy atom. The lowest BCUT2D eigenvalue weighted by atomic mass is 10.2. The molecule has 0 aliphatic rings. The van der Waals surface area contributed by atoms with Gasteiger partial charge in [-0.3, -0.25) is 4.79 Å². The quantitative estimate of drug-likeness (QED) is 0.520. The number of carbonyl (C=O) groups is 1. The van der Waals surface area contributed by atoms with E-state index in [1.807, 2.05) is 28.8 Å². The number of carbonyl (C=O) groups excluding carboxylic acids is 1. The molecule has 0 aliphatic heterocycles. The van der Waals surface area contributed by atoms with Gasteiger partial charge >= 0.3 is 0 Å². The second-order valence-corrected chi connectivity index (χ2v) is 6.37. The van der Waals surface area contributed by atoms with E-state index in [4.69, 9.17) is 19.6 Å². The second-order valence-electron chi connectivity index (χ2n) is 6.37. The van der Waals surface area contributed by atoms with Gasteiger partial charge in [-0.2, -0.15) is 0 Å². The number of ether oxygens (including phenoxy) is 2. The molecule has 4 rings (SSSR count). The summed E-state index contributed by atoms with van der Waals surface area (Å²) in [6.45, 7) is 0.0504. The molecule has 8 nitrogen and oxygen atoms in total. The largest absolute Gasteiger partial charge is 0.493 e. The molecule has 8 heteroatoms. The van der Waals surface area contributed by atoms with Crippen LogP contribution in [0.2, 0.25) is 0 Å². The Morgan fingerprint density at radius 2 is 1.93 bits per heavy atom. The van der Waals surface area contributed by atoms with Crippen molar-refractivity contribution in [3.8, 4) is 22.9 Å². The van der Waals surface area contributed by atoms with Gasteiger partial charge in [-0.1, -0.05) is 12.1 Å². The van der Waals surface area contributed by atoms with Crippen LogP contribution in [0.15, 0.2) is 59.4 Å². The van der Waals surface area contributed by atoms with Crippen LogP contribution < -0.4 is 20.5 Å². The maximum absolute atomic E-state index is 12.8. The average Bonchev–Trinajstić information content (AvgIpc) is 3.31. The van der Waals surface area contributed by atoms with Gasteiger partial charge in [0.2, 0.25) is 5.91 Å². The summed E-state index contributed by atoms with van der Waals surface area (Å²) in [5.41, 5.74) is 9.29. The van der Waals surface area contributed by atoms with E-state index in [2.05, 4.69) is 10.3 Å². The van der Waals surface area contributed by atoms with Crippen LogP contribution in [0.4, 0.5) is 11.4 Å². The number of anilines is 2. The van der Waals surface area contributed by atoms with E-state index >= 15 is 0 Å². The van der Waals surface area contributed by atoms with Gasteiger partial charge < -0.3 is 29.5 Å². The number of imidazole rings is 1. The molecule has 0 radical (unpaired) electrons. The number of para-hydroxylation sites is 2. The Bertz CT molecular complexity index is 1180. The minimum Gasteiger partial charge on any atom is -0.493 e. The fraction of sp³-hybridized carbons (Fsp3) is 0.143. The monoisotopic (exact) mass is 392 g/mol. The van der Waals surface area contributed by atoms with E-state index in [1.165, 1.54) is 12.5 Å². The highest BCUT2D eigenvalue weighted by Crippen LogP contribution is 2.31. The Hall–Kier alpha value is -3.94. The number of fused-ring (bicyclic) bond motifs is 1. The van der Waals surface area contributed by atoms with E-state index in [0.717, 1.165) is 11.0 Å². The van der Waals surface area contributed by atoms with E-state index in [-0.39, 0.29) is 12.5 Å². The first-order chi connectivity index (χ1) is 14.1. The predicted molar refractivity (Wildman–Crippen MR) is 110 cm³/mol. The average molecular weight is 392 g/mol. The van der Waals surface area contributed by atoms with E-state index in [1.54, 1.807) is 32.4 Å². The summed E-state index contributed by atoms with van der Waals surface area (Å²) in [6, 6.07) is 12.8. The third-order valence-corrected chi connectivity index (χ3v) is 4.56. The van der Waals surface area contributed by atoms with Gasteiger partial charge in [0.05, 0.1) is 36.5 Å². The van der Waals surface area contributed by atoms with Crippen LogP contribution in [-0.4, -0.2) is 29.7 Å². The van der Waals surface area contributed by atoms with Crippen molar-refractivity contribution in [2.24, 2.45) is 0 Å². The van der Waals surface area contributed by atoms with E-state index in [9.17, 15) is 4.79 Å². The fourth-order valence-electron chi connectivity index (χ4n) is 3.19. The number of furan rings is 1. The zero-order valence-electron chi connectivity index (χ0n) is 16.0. The van der Waals surface area contributed by atoms with Gasteiger partial charge in [0.1, 0.15) is 24.9 Å². The second kappa shape index (κ2) is 7.59. The van der Waals surface area contributed by atoms with Crippen molar-refractivity contribution in [1.29, 1.82) is 0 Å². The molecule has 2 aromatic heterocycles. The summed E-state index contributed by atoms with van der Waals surface area (Å²) in [4.78, 5) is 17.4. The van der Waals surface area contributed by atoms with Gasteiger partial charge in [0.25, 0.3) is 0 Å². The number of nitrogens with one attached hydrogen (secondary N) is 1. The highest BCUT2D eigenvalue weighted by Gasteiger charge is 2.18. The smallest absolute Gasteiger partial charge is 0.244 e. The van der Waals surface area contributed by atoms with Crippen LogP contribution in [0.1, 0.15) is 0 Å². The minimum absolute atomic E-state index is 0.0504. The number of hydrogen-bond acceptors (Lipinski definition) is 6. The molecule has 0 saturated heterocycles. The molecule has 0 aliphatic carbocycles. The molecule has 0 fully saturated rings. The first-order valence-electron chi connectivity index (χ1n) is 8.90. The summed E-state index contributed by atoms with van der Waals surface area (Å²) >= 11 is 0. The Labute approximate surface area is 166 Å². The van der Waals surface area contributed by atoms with Gasteiger partial charge in [-0.05, 0) is 24.3 Å². The third kappa shape index (κ3) is 3.47. The zero-order valence-corrected chi connectivity index (χ0v) is 16.0. The number of aromatic nitrogens is 2. The van der Waals surface area contributed by atoms with Crippen molar-refractivity contribution < 1.29 is 18.7 Å². The molecule has 0 bridgehead atoms. The number of hydrogen-bond donors (Lipinski definition) is 2. The van der Waals surface area contributed by atoms with Crippen molar-refractivity contribution in [1.82, 2.24) is 9.55 Å². The highest BCUT2D eigenvalue weighted by molar-refractivity contribution is 5.93. The normalized spacial score (nSPS) is 10.8. The molecule has 29 heavy (non-hydrogen) atoms. The van der Waals surface area contributed by atoms with Crippen LogP contribution in [-0.2, 0) is 11.3 Å².